The van der Waals surface area contributed by atoms with Crippen molar-refractivity contribution in [3.8, 4) is 5.75 Å². The number of sulfonamides is 1. The van der Waals surface area contributed by atoms with Gasteiger partial charge in [0.25, 0.3) is 0 Å². The van der Waals surface area contributed by atoms with Crippen LogP contribution in [0.4, 0.5) is 0 Å². The van der Waals surface area contributed by atoms with Gasteiger partial charge in [-0.1, -0.05) is 42.0 Å². The minimum Gasteiger partial charge on any atom is -0.497 e. The molecule has 0 saturated carbocycles. The van der Waals surface area contributed by atoms with E-state index in [4.69, 9.17) is 9.57 Å². The van der Waals surface area contributed by atoms with Gasteiger partial charge in [0.05, 0.1) is 19.8 Å². The monoisotopic (exact) mass is 376 g/mol. The normalized spacial score (nSPS) is 21.0. The average Bonchev–Trinajstić information content (AvgIpc) is 3.03. The Morgan fingerprint density at radius 2 is 1.96 bits per heavy atom. The van der Waals surface area contributed by atoms with Gasteiger partial charge in [0, 0.05) is 13.6 Å². The molecule has 1 fully saturated rings. The van der Waals surface area contributed by atoms with Crippen molar-refractivity contribution in [2.75, 3.05) is 20.8 Å². The number of hydrogen-bond acceptors (Lipinski definition) is 5. The summed E-state index contributed by atoms with van der Waals surface area (Å²) in [4.78, 5) is 5.53. The van der Waals surface area contributed by atoms with Crippen molar-refractivity contribution in [1.29, 1.82) is 0 Å². The van der Waals surface area contributed by atoms with Gasteiger partial charge in [0.2, 0.25) is 10.0 Å². The summed E-state index contributed by atoms with van der Waals surface area (Å²) in [5, 5.41) is 0.920. The van der Waals surface area contributed by atoms with Crippen LogP contribution in [-0.4, -0.2) is 39.5 Å². The Hall–Kier alpha value is -1.93. The maximum Gasteiger partial charge on any atom is 0.219 e. The van der Waals surface area contributed by atoms with E-state index in [2.05, 4.69) is 4.72 Å². The van der Waals surface area contributed by atoms with E-state index in [1.54, 1.807) is 19.2 Å². The maximum absolute atomic E-state index is 12.9. The Kier molecular flexibility index (Phi) is 5.62. The van der Waals surface area contributed by atoms with Crippen LogP contribution in [-0.2, 0) is 21.4 Å². The van der Waals surface area contributed by atoms with Gasteiger partial charge in [0.15, 0.2) is 0 Å². The first-order valence-electron chi connectivity index (χ1n) is 8.44. The van der Waals surface area contributed by atoms with Gasteiger partial charge in [-0.2, -0.15) is 5.06 Å². The molecule has 2 atom stereocenters. The van der Waals surface area contributed by atoms with Crippen LogP contribution in [0.5, 0.6) is 5.75 Å². The smallest absolute Gasteiger partial charge is 0.219 e. The van der Waals surface area contributed by atoms with Gasteiger partial charge >= 0.3 is 0 Å². The molecule has 0 amide bonds. The van der Waals surface area contributed by atoms with Gasteiger partial charge in [-0.3, -0.25) is 4.84 Å². The van der Waals surface area contributed by atoms with Gasteiger partial charge in [0.1, 0.15) is 11.0 Å². The second-order valence-electron chi connectivity index (χ2n) is 6.45. The Bertz CT molecular complexity index is 852. The Balaban J connectivity index is 1.78. The van der Waals surface area contributed by atoms with E-state index in [9.17, 15) is 8.42 Å². The molecular formula is C19H24N2O4S. The molecule has 3 rings (SSSR count). The first-order chi connectivity index (χ1) is 12.4. The van der Waals surface area contributed by atoms with Crippen LogP contribution in [0, 0.1) is 6.92 Å². The number of ether oxygens (including phenoxy) is 1. The molecule has 1 aliphatic heterocycles. The minimum absolute atomic E-state index is 0.121. The van der Waals surface area contributed by atoms with Crippen molar-refractivity contribution in [2.45, 2.75) is 24.8 Å². The highest BCUT2D eigenvalue weighted by Crippen LogP contribution is 2.34. The minimum atomic E-state index is -3.56. The molecule has 2 aromatic rings. The van der Waals surface area contributed by atoms with Gasteiger partial charge in [-0.05, 0) is 30.2 Å². The topological polar surface area (TPSA) is 67.9 Å². The number of benzene rings is 2. The fraction of sp³-hybridized carbons (Fsp3) is 0.368. The summed E-state index contributed by atoms with van der Waals surface area (Å²) in [5.74, 6) is 0.729. The van der Waals surface area contributed by atoms with Crippen molar-refractivity contribution in [1.82, 2.24) is 9.79 Å². The molecule has 1 saturated heterocycles. The summed E-state index contributed by atoms with van der Waals surface area (Å²) >= 11 is 0. The summed E-state index contributed by atoms with van der Waals surface area (Å²) in [6, 6.07) is 14.8. The molecule has 140 valence electrons. The van der Waals surface area contributed by atoms with E-state index in [-0.39, 0.29) is 19.2 Å². The van der Waals surface area contributed by atoms with Gasteiger partial charge < -0.3 is 4.74 Å². The lowest BCUT2D eigenvalue weighted by molar-refractivity contribution is -0.110. The first kappa shape index (κ1) is 18.8. The van der Waals surface area contributed by atoms with E-state index in [1.807, 2.05) is 55.5 Å². The van der Waals surface area contributed by atoms with Crippen molar-refractivity contribution >= 4 is 10.0 Å². The van der Waals surface area contributed by atoms with Gasteiger partial charge in [-0.15, -0.1) is 0 Å². The third-order valence-corrected chi connectivity index (χ3v) is 6.34. The molecular weight excluding hydrogens is 352 g/mol. The largest absolute Gasteiger partial charge is 0.497 e. The van der Waals surface area contributed by atoms with Crippen LogP contribution in [0.3, 0.4) is 0 Å². The van der Waals surface area contributed by atoms with Crippen molar-refractivity contribution in [3.63, 3.8) is 0 Å². The zero-order valence-corrected chi connectivity index (χ0v) is 16.0. The summed E-state index contributed by atoms with van der Waals surface area (Å²) in [5.41, 5.74) is 2.90. The average molecular weight is 376 g/mol. The zero-order chi connectivity index (χ0) is 18.7. The number of nitrogens with one attached hydrogen (secondary N) is 1. The maximum atomic E-state index is 12.9. The summed E-state index contributed by atoms with van der Waals surface area (Å²) in [6.07, 6.45) is 0. The molecule has 1 N–H and O–H groups in total. The highest BCUT2D eigenvalue weighted by Gasteiger charge is 2.43. The number of nitrogens with zero attached hydrogens (tertiary/aromatic N) is 1. The second kappa shape index (κ2) is 7.75. The Labute approximate surface area is 154 Å². The van der Waals surface area contributed by atoms with Crippen LogP contribution in [0.2, 0.25) is 0 Å². The summed E-state index contributed by atoms with van der Waals surface area (Å²) in [6.45, 7) is 2.37. The van der Waals surface area contributed by atoms with Crippen LogP contribution >= 0.6 is 0 Å². The lowest BCUT2D eigenvalue weighted by atomic mass is 10.0. The quantitative estimate of drug-likeness (QED) is 0.839. The van der Waals surface area contributed by atoms with Crippen molar-refractivity contribution < 1.29 is 18.0 Å². The van der Waals surface area contributed by atoms with E-state index >= 15 is 0 Å². The second-order valence-corrected chi connectivity index (χ2v) is 8.44. The number of hydrogen-bond donors (Lipinski definition) is 1. The molecule has 6 nitrogen and oxygen atoms in total. The van der Waals surface area contributed by atoms with E-state index in [0.717, 1.165) is 22.4 Å². The highest BCUT2D eigenvalue weighted by atomic mass is 32.2. The van der Waals surface area contributed by atoms with Crippen LogP contribution in [0.1, 0.15) is 22.7 Å². The fourth-order valence-electron chi connectivity index (χ4n) is 3.19. The van der Waals surface area contributed by atoms with Crippen LogP contribution in [0.25, 0.3) is 0 Å². The van der Waals surface area contributed by atoms with E-state index in [1.165, 1.54) is 0 Å². The Morgan fingerprint density at radius 1 is 1.23 bits per heavy atom. The number of hydroxylamine groups is 2. The highest BCUT2D eigenvalue weighted by molar-refractivity contribution is 7.90. The van der Waals surface area contributed by atoms with Crippen molar-refractivity contribution in [3.05, 3.63) is 65.2 Å². The third-order valence-electron chi connectivity index (χ3n) is 4.60. The third kappa shape index (κ3) is 4.07. The Morgan fingerprint density at radius 3 is 2.62 bits per heavy atom. The molecule has 0 spiro atoms. The zero-order valence-electron chi connectivity index (χ0n) is 15.2. The molecule has 2 aromatic carbocycles. The van der Waals surface area contributed by atoms with Crippen LogP contribution in [0.15, 0.2) is 48.5 Å². The van der Waals surface area contributed by atoms with Gasteiger partial charge in [-0.25, -0.2) is 13.1 Å². The van der Waals surface area contributed by atoms with Crippen molar-refractivity contribution in [2.24, 2.45) is 0 Å². The molecule has 26 heavy (non-hydrogen) atoms. The molecule has 0 aromatic heterocycles. The standard InChI is InChI=1S/C19H24N2O4S/c1-14-5-4-6-15(11-14)12-20-26(22,23)18-13-25-21(2)19(18)16-7-9-17(24-3)10-8-16/h4-11,18-20H,12-13H2,1-3H3. The molecule has 0 aliphatic carbocycles. The fourth-order valence-corrected chi connectivity index (χ4v) is 4.68. The van der Waals surface area contributed by atoms with E-state index < -0.39 is 15.3 Å². The predicted molar refractivity (Wildman–Crippen MR) is 100 cm³/mol. The molecule has 7 heteroatoms. The van der Waals surface area contributed by atoms with Crippen LogP contribution < -0.4 is 9.46 Å². The van der Waals surface area contributed by atoms with E-state index in [0.29, 0.717) is 0 Å². The number of methoxy groups -OCH3 is 1. The number of rotatable bonds is 6. The number of aryl methyl sites for hydroxylation is 1. The lowest BCUT2D eigenvalue weighted by Crippen LogP contribution is -2.39. The predicted octanol–water partition coefficient (Wildman–Crippen LogP) is 2.41. The molecule has 1 aliphatic rings. The lowest BCUT2D eigenvalue weighted by Gasteiger charge is -2.23. The molecule has 1 heterocycles. The molecule has 0 radical (unpaired) electrons. The molecule has 2 unspecified atom stereocenters. The summed E-state index contributed by atoms with van der Waals surface area (Å²) in [7, 11) is -0.210. The SMILES string of the molecule is COc1ccc(C2C(S(=O)(=O)NCc3cccc(C)c3)CON2C)cc1. The first-order valence-corrected chi connectivity index (χ1v) is 9.99. The molecule has 0 bridgehead atoms. The summed E-state index contributed by atoms with van der Waals surface area (Å²) < 4.78 is 33.7.